The van der Waals surface area contributed by atoms with Crippen LogP contribution in [-0.2, 0) is 9.59 Å². The van der Waals surface area contributed by atoms with Crippen LogP contribution >= 0.6 is 0 Å². The first-order valence-corrected chi connectivity index (χ1v) is 6.15. The van der Waals surface area contributed by atoms with Crippen molar-refractivity contribution in [2.45, 2.75) is 6.92 Å². The molecule has 0 fully saturated rings. The topological polar surface area (TPSA) is 71.3 Å². The van der Waals surface area contributed by atoms with Gasteiger partial charge < -0.3 is 4.42 Å². The molecule has 6 heteroatoms. The SMILES string of the molecule is CC(=O)NNC(=O)/C=C/c1ccc(-c2ccccc2F)o1. The molecule has 0 radical (unpaired) electrons. The zero-order valence-electron chi connectivity index (χ0n) is 11.2. The summed E-state index contributed by atoms with van der Waals surface area (Å²) in [6.45, 7) is 1.28. The van der Waals surface area contributed by atoms with Gasteiger partial charge in [-0.05, 0) is 30.3 Å². The van der Waals surface area contributed by atoms with Crippen molar-refractivity contribution in [3.05, 3.63) is 54.1 Å². The van der Waals surface area contributed by atoms with Crippen molar-refractivity contribution in [3.8, 4) is 11.3 Å². The van der Waals surface area contributed by atoms with E-state index in [1.165, 1.54) is 25.1 Å². The lowest BCUT2D eigenvalue weighted by molar-refractivity contribution is -0.125. The molecule has 2 rings (SSSR count). The number of benzene rings is 1. The monoisotopic (exact) mass is 288 g/mol. The Labute approximate surface area is 120 Å². The summed E-state index contributed by atoms with van der Waals surface area (Å²) in [5, 5.41) is 0. The lowest BCUT2D eigenvalue weighted by Crippen LogP contribution is -2.39. The standard InChI is InChI=1S/C15H13FN2O3/c1-10(19)17-18-15(20)9-7-11-6-8-14(21-11)12-4-2-3-5-13(12)16/h2-9H,1H3,(H,17,19)(H,18,20)/b9-7+. The van der Waals surface area contributed by atoms with Gasteiger partial charge >= 0.3 is 0 Å². The Morgan fingerprint density at radius 3 is 2.62 bits per heavy atom. The molecule has 0 spiro atoms. The van der Waals surface area contributed by atoms with Crippen molar-refractivity contribution in [1.82, 2.24) is 10.9 Å². The highest BCUT2D eigenvalue weighted by atomic mass is 19.1. The van der Waals surface area contributed by atoms with Crippen molar-refractivity contribution in [3.63, 3.8) is 0 Å². The van der Waals surface area contributed by atoms with E-state index in [-0.39, 0.29) is 11.7 Å². The number of rotatable bonds is 3. The Morgan fingerprint density at radius 2 is 1.90 bits per heavy atom. The molecule has 21 heavy (non-hydrogen) atoms. The minimum atomic E-state index is -0.506. The molecule has 0 unspecified atom stereocenters. The quantitative estimate of drug-likeness (QED) is 0.672. The molecule has 0 bridgehead atoms. The van der Waals surface area contributed by atoms with Crippen molar-refractivity contribution >= 4 is 17.9 Å². The highest BCUT2D eigenvalue weighted by Crippen LogP contribution is 2.25. The van der Waals surface area contributed by atoms with Crippen LogP contribution in [0, 0.1) is 5.82 Å². The number of furan rings is 1. The molecule has 0 aliphatic rings. The third-order valence-electron chi connectivity index (χ3n) is 2.53. The number of nitrogens with one attached hydrogen (secondary N) is 2. The maximum absolute atomic E-state index is 13.6. The van der Waals surface area contributed by atoms with Crippen LogP contribution in [-0.4, -0.2) is 11.8 Å². The van der Waals surface area contributed by atoms with E-state index in [2.05, 4.69) is 10.9 Å². The van der Waals surface area contributed by atoms with Gasteiger partial charge in [0.15, 0.2) is 0 Å². The van der Waals surface area contributed by atoms with E-state index in [0.717, 1.165) is 0 Å². The lowest BCUT2D eigenvalue weighted by Gasteiger charge is -2.00. The fourth-order valence-corrected chi connectivity index (χ4v) is 1.60. The van der Waals surface area contributed by atoms with E-state index in [4.69, 9.17) is 4.42 Å². The largest absolute Gasteiger partial charge is 0.457 e. The third kappa shape index (κ3) is 4.04. The van der Waals surface area contributed by atoms with E-state index < -0.39 is 5.91 Å². The van der Waals surface area contributed by atoms with Gasteiger partial charge in [0.2, 0.25) is 5.91 Å². The average molecular weight is 288 g/mol. The number of amides is 2. The van der Waals surface area contributed by atoms with Crippen molar-refractivity contribution < 1.29 is 18.4 Å². The van der Waals surface area contributed by atoms with Gasteiger partial charge in [0.1, 0.15) is 17.3 Å². The van der Waals surface area contributed by atoms with Crippen LogP contribution in [0.2, 0.25) is 0 Å². The number of carbonyl (C=O) groups excluding carboxylic acids is 2. The lowest BCUT2D eigenvalue weighted by atomic mass is 10.1. The van der Waals surface area contributed by atoms with Gasteiger partial charge in [-0.3, -0.25) is 20.4 Å². The van der Waals surface area contributed by atoms with Crippen LogP contribution in [0.1, 0.15) is 12.7 Å². The molecular formula is C15H13FN2O3. The molecule has 5 nitrogen and oxygen atoms in total. The second-order valence-corrected chi connectivity index (χ2v) is 4.19. The fraction of sp³-hybridized carbons (Fsp3) is 0.0667. The summed E-state index contributed by atoms with van der Waals surface area (Å²) in [4.78, 5) is 21.9. The summed E-state index contributed by atoms with van der Waals surface area (Å²) in [6, 6.07) is 9.47. The summed E-state index contributed by atoms with van der Waals surface area (Å²) < 4.78 is 19.0. The number of hydrogen-bond donors (Lipinski definition) is 2. The molecule has 0 saturated carbocycles. The van der Waals surface area contributed by atoms with Gasteiger partial charge in [0, 0.05) is 13.0 Å². The first kappa shape index (κ1) is 14.5. The van der Waals surface area contributed by atoms with Gasteiger partial charge in [-0.25, -0.2) is 4.39 Å². The van der Waals surface area contributed by atoms with Crippen molar-refractivity contribution in [1.29, 1.82) is 0 Å². The minimum absolute atomic E-state index is 0.347. The van der Waals surface area contributed by atoms with Crippen LogP contribution in [0.15, 0.2) is 46.9 Å². The highest BCUT2D eigenvalue weighted by Gasteiger charge is 2.08. The number of hydrazine groups is 1. The molecule has 0 aliphatic heterocycles. The smallest absolute Gasteiger partial charge is 0.262 e. The summed E-state index contributed by atoms with van der Waals surface area (Å²) in [6.07, 6.45) is 2.61. The van der Waals surface area contributed by atoms with Crippen LogP contribution in [0.25, 0.3) is 17.4 Å². The molecule has 2 amide bonds. The van der Waals surface area contributed by atoms with Gasteiger partial charge in [-0.15, -0.1) is 0 Å². The van der Waals surface area contributed by atoms with Crippen LogP contribution in [0.4, 0.5) is 4.39 Å². The number of carbonyl (C=O) groups is 2. The van der Waals surface area contributed by atoms with Gasteiger partial charge in [0.05, 0.1) is 5.56 Å². The first-order chi connectivity index (χ1) is 10.1. The first-order valence-electron chi connectivity index (χ1n) is 6.15. The molecule has 2 aromatic rings. The molecule has 0 aliphatic carbocycles. The van der Waals surface area contributed by atoms with Crippen LogP contribution in [0.5, 0.6) is 0 Å². The summed E-state index contributed by atoms with van der Waals surface area (Å²) >= 11 is 0. The third-order valence-corrected chi connectivity index (χ3v) is 2.53. The van der Waals surface area contributed by atoms with E-state index in [0.29, 0.717) is 17.1 Å². The molecule has 1 aromatic carbocycles. The van der Waals surface area contributed by atoms with E-state index in [1.54, 1.807) is 30.3 Å². The maximum atomic E-state index is 13.6. The Bertz CT molecular complexity index is 692. The molecule has 2 N–H and O–H groups in total. The van der Waals surface area contributed by atoms with E-state index >= 15 is 0 Å². The second kappa shape index (κ2) is 6.51. The number of halogens is 1. The minimum Gasteiger partial charge on any atom is -0.457 e. The number of hydrogen-bond acceptors (Lipinski definition) is 3. The summed E-state index contributed by atoms with van der Waals surface area (Å²) in [7, 11) is 0. The van der Waals surface area contributed by atoms with Crippen LogP contribution in [0.3, 0.4) is 0 Å². The zero-order chi connectivity index (χ0) is 15.2. The fourth-order valence-electron chi connectivity index (χ4n) is 1.60. The van der Waals surface area contributed by atoms with Crippen molar-refractivity contribution in [2.75, 3.05) is 0 Å². The zero-order valence-corrected chi connectivity index (χ0v) is 11.2. The summed E-state index contributed by atoms with van der Waals surface area (Å²) in [5.41, 5.74) is 4.67. The molecule has 0 saturated heterocycles. The maximum Gasteiger partial charge on any atom is 0.262 e. The van der Waals surface area contributed by atoms with E-state index in [9.17, 15) is 14.0 Å². The van der Waals surface area contributed by atoms with Gasteiger partial charge in [-0.2, -0.15) is 0 Å². The van der Waals surface area contributed by atoms with Crippen LogP contribution < -0.4 is 10.9 Å². The van der Waals surface area contributed by atoms with Gasteiger partial charge in [0.25, 0.3) is 5.91 Å². The Hall–Kier alpha value is -2.89. The Balaban J connectivity index is 2.05. The molecule has 1 heterocycles. The Kier molecular flexibility index (Phi) is 4.50. The molecule has 108 valence electrons. The second-order valence-electron chi connectivity index (χ2n) is 4.19. The predicted molar refractivity (Wildman–Crippen MR) is 75.1 cm³/mol. The average Bonchev–Trinajstić information content (AvgIpc) is 2.92. The van der Waals surface area contributed by atoms with Gasteiger partial charge in [-0.1, -0.05) is 12.1 Å². The molecule has 1 aromatic heterocycles. The van der Waals surface area contributed by atoms with Crippen molar-refractivity contribution in [2.24, 2.45) is 0 Å². The predicted octanol–water partition coefficient (Wildman–Crippen LogP) is 2.27. The Morgan fingerprint density at radius 1 is 1.14 bits per heavy atom. The summed E-state index contributed by atoms with van der Waals surface area (Å²) in [5.74, 6) is -0.502. The molecule has 0 atom stereocenters. The van der Waals surface area contributed by atoms with E-state index in [1.807, 2.05) is 0 Å². The normalized spacial score (nSPS) is 10.6. The highest BCUT2D eigenvalue weighted by molar-refractivity contribution is 5.92. The molecular weight excluding hydrogens is 275 g/mol.